The zero-order chi connectivity index (χ0) is 13.8. The summed E-state index contributed by atoms with van der Waals surface area (Å²) in [6.07, 6.45) is 8.75. The molecule has 1 aromatic carbocycles. The van der Waals surface area contributed by atoms with Gasteiger partial charge in [-0.15, -0.1) is 0 Å². The van der Waals surface area contributed by atoms with Crippen molar-refractivity contribution in [1.82, 2.24) is 4.90 Å². The molecule has 20 heavy (non-hydrogen) atoms. The van der Waals surface area contributed by atoms with Crippen LogP contribution in [-0.4, -0.2) is 29.8 Å². The van der Waals surface area contributed by atoms with E-state index in [1.807, 2.05) is 30.3 Å². The molecule has 1 saturated carbocycles. The zero-order valence-electron chi connectivity index (χ0n) is 12.3. The molecule has 0 radical (unpaired) electrons. The Balaban J connectivity index is 1.45. The van der Waals surface area contributed by atoms with Crippen LogP contribution < -0.4 is 0 Å². The second kappa shape index (κ2) is 6.53. The third-order valence-electron chi connectivity index (χ3n) is 5.07. The van der Waals surface area contributed by atoms with E-state index in [2.05, 4.69) is 4.90 Å². The number of carbonyl (C=O) groups excluding carboxylic acids is 1. The average molecular weight is 271 g/mol. The molecule has 2 nitrogen and oxygen atoms in total. The summed E-state index contributed by atoms with van der Waals surface area (Å²) in [5.74, 6) is 1.25. The molecule has 0 spiro atoms. The Labute approximate surface area is 122 Å². The van der Waals surface area contributed by atoms with Gasteiger partial charge in [0.1, 0.15) is 0 Å². The van der Waals surface area contributed by atoms with Crippen LogP contribution in [0.1, 0.15) is 55.3 Å². The first-order valence-electron chi connectivity index (χ1n) is 8.17. The highest BCUT2D eigenvalue weighted by Crippen LogP contribution is 2.36. The fourth-order valence-electron chi connectivity index (χ4n) is 3.99. The Morgan fingerprint density at radius 2 is 1.90 bits per heavy atom. The largest absolute Gasteiger partial charge is 0.300 e. The Bertz CT molecular complexity index is 442. The van der Waals surface area contributed by atoms with E-state index in [0.717, 1.165) is 30.5 Å². The van der Waals surface area contributed by atoms with Crippen LogP contribution in [0.5, 0.6) is 0 Å². The van der Waals surface area contributed by atoms with E-state index < -0.39 is 0 Å². The SMILES string of the molecule is O=C(CCCN1CCC2CCCCC21)c1ccccc1. The highest BCUT2D eigenvalue weighted by atomic mass is 16.1. The van der Waals surface area contributed by atoms with E-state index in [1.165, 1.54) is 38.6 Å². The number of benzene rings is 1. The summed E-state index contributed by atoms with van der Waals surface area (Å²) in [6, 6.07) is 10.5. The summed E-state index contributed by atoms with van der Waals surface area (Å²) in [5.41, 5.74) is 0.865. The first-order valence-corrected chi connectivity index (χ1v) is 8.17. The van der Waals surface area contributed by atoms with Crippen molar-refractivity contribution in [3.05, 3.63) is 35.9 Å². The highest BCUT2D eigenvalue weighted by molar-refractivity contribution is 5.95. The summed E-state index contributed by atoms with van der Waals surface area (Å²) in [6.45, 7) is 2.37. The van der Waals surface area contributed by atoms with Gasteiger partial charge in [0.2, 0.25) is 0 Å². The maximum absolute atomic E-state index is 12.1. The molecule has 0 amide bonds. The molecule has 2 heteroatoms. The van der Waals surface area contributed by atoms with Gasteiger partial charge in [-0.2, -0.15) is 0 Å². The number of nitrogens with zero attached hydrogens (tertiary/aromatic N) is 1. The molecule has 1 aliphatic carbocycles. The van der Waals surface area contributed by atoms with Gasteiger partial charge in [0.05, 0.1) is 0 Å². The van der Waals surface area contributed by atoms with E-state index >= 15 is 0 Å². The smallest absolute Gasteiger partial charge is 0.162 e. The van der Waals surface area contributed by atoms with E-state index in [4.69, 9.17) is 0 Å². The lowest BCUT2D eigenvalue weighted by Gasteiger charge is -2.31. The lowest BCUT2D eigenvalue weighted by molar-refractivity contribution is 0.0970. The lowest BCUT2D eigenvalue weighted by atomic mass is 9.85. The number of hydrogen-bond acceptors (Lipinski definition) is 2. The summed E-state index contributed by atoms with van der Waals surface area (Å²) in [4.78, 5) is 14.7. The third-order valence-corrected chi connectivity index (χ3v) is 5.07. The quantitative estimate of drug-likeness (QED) is 0.757. The molecule has 3 rings (SSSR count). The van der Waals surface area contributed by atoms with Gasteiger partial charge in [0.25, 0.3) is 0 Å². The van der Waals surface area contributed by atoms with E-state index in [-0.39, 0.29) is 0 Å². The van der Waals surface area contributed by atoms with Crippen LogP contribution in [0.2, 0.25) is 0 Å². The van der Waals surface area contributed by atoms with Gasteiger partial charge in [-0.1, -0.05) is 43.2 Å². The summed E-state index contributed by atoms with van der Waals surface area (Å²) >= 11 is 0. The van der Waals surface area contributed by atoms with Crippen LogP contribution in [-0.2, 0) is 0 Å². The molecule has 1 heterocycles. The highest BCUT2D eigenvalue weighted by Gasteiger charge is 2.34. The number of likely N-dealkylation sites (tertiary alicyclic amines) is 1. The molecule has 0 N–H and O–H groups in total. The van der Waals surface area contributed by atoms with Crippen LogP contribution in [0.15, 0.2) is 30.3 Å². The minimum absolute atomic E-state index is 0.296. The molecular weight excluding hydrogens is 246 g/mol. The molecule has 2 unspecified atom stereocenters. The molecule has 2 fully saturated rings. The van der Waals surface area contributed by atoms with Crippen molar-refractivity contribution in [3.63, 3.8) is 0 Å². The minimum atomic E-state index is 0.296. The Morgan fingerprint density at radius 1 is 1.10 bits per heavy atom. The normalized spacial score (nSPS) is 26.4. The predicted octanol–water partition coefficient (Wildman–Crippen LogP) is 3.91. The molecule has 1 saturated heterocycles. The topological polar surface area (TPSA) is 20.3 Å². The summed E-state index contributed by atoms with van der Waals surface area (Å²) < 4.78 is 0. The van der Waals surface area contributed by atoms with Crippen LogP contribution in [0.3, 0.4) is 0 Å². The molecule has 0 aromatic heterocycles. The first kappa shape index (κ1) is 13.8. The molecule has 2 atom stereocenters. The summed E-state index contributed by atoms with van der Waals surface area (Å²) in [7, 11) is 0. The zero-order valence-corrected chi connectivity index (χ0v) is 12.3. The maximum atomic E-state index is 12.1. The lowest BCUT2D eigenvalue weighted by Crippen LogP contribution is -2.35. The van der Waals surface area contributed by atoms with Gasteiger partial charge in [0.15, 0.2) is 5.78 Å². The van der Waals surface area contributed by atoms with Crippen molar-refractivity contribution in [1.29, 1.82) is 0 Å². The number of Topliss-reactive ketones (excluding diaryl/α,β-unsaturated/α-hetero) is 1. The predicted molar refractivity (Wildman–Crippen MR) is 81.9 cm³/mol. The van der Waals surface area contributed by atoms with E-state index in [1.54, 1.807) is 0 Å². The van der Waals surface area contributed by atoms with Gasteiger partial charge in [-0.05, 0) is 44.7 Å². The average Bonchev–Trinajstić information content (AvgIpc) is 2.92. The van der Waals surface area contributed by atoms with Crippen LogP contribution in [0.4, 0.5) is 0 Å². The molecule has 1 aliphatic heterocycles. The maximum Gasteiger partial charge on any atom is 0.162 e. The summed E-state index contributed by atoms with van der Waals surface area (Å²) in [5, 5.41) is 0. The fraction of sp³-hybridized carbons (Fsp3) is 0.611. The van der Waals surface area contributed by atoms with Crippen LogP contribution in [0, 0.1) is 5.92 Å². The number of ketones is 1. The van der Waals surface area contributed by atoms with Crippen LogP contribution in [0.25, 0.3) is 0 Å². The second-order valence-electron chi connectivity index (χ2n) is 6.33. The van der Waals surface area contributed by atoms with E-state index in [9.17, 15) is 4.79 Å². The standard InChI is InChI=1S/C18H25NO/c20-18(16-8-2-1-3-9-16)11-6-13-19-14-12-15-7-4-5-10-17(15)19/h1-3,8-9,15,17H,4-7,10-14H2. The first-order chi connectivity index (χ1) is 9.84. The minimum Gasteiger partial charge on any atom is -0.300 e. The van der Waals surface area contributed by atoms with Crippen molar-refractivity contribution in [2.24, 2.45) is 5.92 Å². The van der Waals surface area contributed by atoms with Crippen molar-refractivity contribution in [2.75, 3.05) is 13.1 Å². The number of carbonyl (C=O) groups is 1. The Kier molecular flexibility index (Phi) is 4.51. The van der Waals surface area contributed by atoms with Gasteiger partial charge >= 0.3 is 0 Å². The number of hydrogen-bond donors (Lipinski definition) is 0. The van der Waals surface area contributed by atoms with E-state index in [0.29, 0.717) is 12.2 Å². The monoisotopic (exact) mass is 271 g/mol. The van der Waals surface area contributed by atoms with Crippen molar-refractivity contribution >= 4 is 5.78 Å². The Morgan fingerprint density at radius 3 is 2.75 bits per heavy atom. The van der Waals surface area contributed by atoms with Gasteiger partial charge in [-0.25, -0.2) is 0 Å². The Hall–Kier alpha value is -1.15. The molecular formula is C18H25NO. The van der Waals surface area contributed by atoms with Crippen molar-refractivity contribution in [2.45, 2.75) is 51.0 Å². The number of rotatable bonds is 5. The molecule has 108 valence electrons. The van der Waals surface area contributed by atoms with Gasteiger partial charge in [0, 0.05) is 18.0 Å². The molecule has 2 aliphatic rings. The fourth-order valence-corrected chi connectivity index (χ4v) is 3.99. The number of fused-ring (bicyclic) bond motifs is 1. The third kappa shape index (κ3) is 3.12. The second-order valence-corrected chi connectivity index (χ2v) is 6.33. The molecule has 1 aromatic rings. The van der Waals surface area contributed by atoms with Gasteiger partial charge in [-0.3, -0.25) is 4.79 Å². The molecule has 0 bridgehead atoms. The van der Waals surface area contributed by atoms with Crippen molar-refractivity contribution < 1.29 is 4.79 Å². The van der Waals surface area contributed by atoms with Crippen molar-refractivity contribution in [3.8, 4) is 0 Å². The van der Waals surface area contributed by atoms with Gasteiger partial charge < -0.3 is 4.90 Å². The van der Waals surface area contributed by atoms with Crippen LogP contribution >= 0.6 is 0 Å².